The van der Waals surface area contributed by atoms with Crippen LogP contribution in [0.5, 0.6) is 0 Å². The van der Waals surface area contributed by atoms with E-state index in [2.05, 4.69) is 27.7 Å². The molecule has 0 bridgehead atoms. The van der Waals surface area contributed by atoms with Gasteiger partial charge in [0.05, 0.1) is 12.0 Å². The Labute approximate surface area is 88.0 Å². The van der Waals surface area contributed by atoms with Gasteiger partial charge in [0.2, 0.25) is 0 Å². The Hall–Kier alpha value is -0.530. The van der Waals surface area contributed by atoms with E-state index >= 15 is 0 Å². The van der Waals surface area contributed by atoms with Gasteiger partial charge in [0, 0.05) is 0 Å². The predicted octanol–water partition coefficient (Wildman–Crippen LogP) is 3.40. The van der Waals surface area contributed by atoms with Gasteiger partial charge in [-0.1, -0.05) is 34.1 Å². The number of hydrogen-bond acceptors (Lipinski definition) is 2. The molecule has 0 atom stereocenters. The monoisotopic (exact) mass is 200 g/mol. The van der Waals surface area contributed by atoms with Crippen LogP contribution in [0.2, 0.25) is 0 Å². The van der Waals surface area contributed by atoms with Crippen LogP contribution in [0.15, 0.2) is 0 Å². The first-order valence-electron chi connectivity index (χ1n) is 5.36. The molecule has 0 N–H and O–H groups in total. The SMILES string of the molecule is CCCC(C)(C)C(=O)OCC(C)(C)C. The maximum atomic E-state index is 11.7. The Morgan fingerprint density at radius 3 is 2.00 bits per heavy atom. The van der Waals surface area contributed by atoms with Gasteiger partial charge in [0.15, 0.2) is 0 Å². The second-order valence-electron chi connectivity index (χ2n) is 5.77. The Balaban J connectivity index is 4.08. The lowest BCUT2D eigenvalue weighted by Crippen LogP contribution is -2.29. The lowest BCUT2D eigenvalue weighted by molar-refractivity contribution is -0.157. The van der Waals surface area contributed by atoms with E-state index in [1.165, 1.54) is 0 Å². The summed E-state index contributed by atoms with van der Waals surface area (Å²) >= 11 is 0. The molecular weight excluding hydrogens is 176 g/mol. The molecule has 0 saturated heterocycles. The fourth-order valence-corrected chi connectivity index (χ4v) is 1.20. The molecule has 84 valence electrons. The van der Waals surface area contributed by atoms with E-state index in [0.717, 1.165) is 12.8 Å². The Kier molecular flexibility index (Phi) is 4.63. The van der Waals surface area contributed by atoms with Gasteiger partial charge >= 0.3 is 5.97 Å². The third kappa shape index (κ3) is 5.25. The van der Waals surface area contributed by atoms with Crippen molar-refractivity contribution in [2.75, 3.05) is 6.61 Å². The fraction of sp³-hybridized carbons (Fsp3) is 0.917. The van der Waals surface area contributed by atoms with Crippen LogP contribution in [0.1, 0.15) is 54.4 Å². The van der Waals surface area contributed by atoms with E-state index in [-0.39, 0.29) is 16.8 Å². The first-order chi connectivity index (χ1) is 6.19. The molecule has 0 aromatic rings. The molecule has 2 heteroatoms. The number of rotatable bonds is 4. The summed E-state index contributed by atoms with van der Waals surface area (Å²) < 4.78 is 5.28. The molecule has 14 heavy (non-hydrogen) atoms. The van der Waals surface area contributed by atoms with Crippen LogP contribution in [-0.4, -0.2) is 12.6 Å². The molecule has 0 aliphatic rings. The molecule has 0 unspecified atom stereocenters. The number of ether oxygens (including phenoxy) is 1. The molecule has 0 aliphatic carbocycles. The standard InChI is InChI=1S/C12H24O2/c1-7-8-12(5,6)10(13)14-9-11(2,3)4/h7-9H2,1-6H3. The van der Waals surface area contributed by atoms with E-state index in [1.54, 1.807) is 0 Å². The van der Waals surface area contributed by atoms with Crippen molar-refractivity contribution >= 4 is 5.97 Å². The molecular formula is C12H24O2. The summed E-state index contributed by atoms with van der Waals surface area (Å²) in [6.07, 6.45) is 1.90. The van der Waals surface area contributed by atoms with Crippen LogP contribution in [0.4, 0.5) is 0 Å². The summed E-state index contributed by atoms with van der Waals surface area (Å²) in [5.41, 5.74) is -0.280. The quantitative estimate of drug-likeness (QED) is 0.650. The molecule has 2 nitrogen and oxygen atoms in total. The smallest absolute Gasteiger partial charge is 0.311 e. The average Bonchev–Trinajstić information content (AvgIpc) is 1.98. The first kappa shape index (κ1) is 13.5. The maximum absolute atomic E-state index is 11.7. The minimum Gasteiger partial charge on any atom is -0.465 e. The molecule has 0 rings (SSSR count). The van der Waals surface area contributed by atoms with Crippen molar-refractivity contribution in [2.24, 2.45) is 10.8 Å². The third-order valence-electron chi connectivity index (χ3n) is 2.06. The van der Waals surface area contributed by atoms with Crippen molar-refractivity contribution in [1.29, 1.82) is 0 Å². The van der Waals surface area contributed by atoms with Gasteiger partial charge in [-0.3, -0.25) is 4.79 Å². The maximum Gasteiger partial charge on any atom is 0.311 e. The summed E-state index contributed by atoms with van der Waals surface area (Å²) in [4.78, 5) is 11.7. The van der Waals surface area contributed by atoms with E-state index < -0.39 is 0 Å². The highest BCUT2D eigenvalue weighted by molar-refractivity contribution is 5.75. The zero-order chi connectivity index (χ0) is 11.4. The van der Waals surface area contributed by atoms with E-state index in [4.69, 9.17) is 4.74 Å². The van der Waals surface area contributed by atoms with Crippen LogP contribution in [-0.2, 0) is 9.53 Å². The van der Waals surface area contributed by atoms with Crippen LogP contribution < -0.4 is 0 Å². The summed E-state index contributed by atoms with van der Waals surface area (Å²) in [5.74, 6) is -0.0747. The van der Waals surface area contributed by atoms with Gasteiger partial charge < -0.3 is 4.74 Å². The largest absolute Gasteiger partial charge is 0.465 e. The first-order valence-corrected chi connectivity index (χ1v) is 5.36. The molecule has 0 aliphatic heterocycles. The van der Waals surface area contributed by atoms with Crippen molar-refractivity contribution in [1.82, 2.24) is 0 Å². The Morgan fingerprint density at radius 1 is 1.14 bits per heavy atom. The summed E-state index contributed by atoms with van der Waals surface area (Å²) in [6.45, 7) is 12.7. The van der Waals surface area contributed by atoms with Crippen LogP contribution in [0.25, 0.3) is 0 Å². The second-order valence-corrected chi connectivity index (χ2v) is 5.77. The topological polar surface area (TPSA) is 26.3 Å². The average molecular weight is 200 g/mol. The zero-order valence-electron chi connectivity index (χ0n) is 10.4. The number of hydrogen-bond donors (Lipinski definition) is 0. The van der Waals surface area contributed by atoms with Gasteiger partial charge in [-0.15, -0.1) is 0 Å². The van der Waals surface area contributed by atoms with Crippen molar-refractivity contribution < 1.29 is 9.53 Å². The minimum atomic E-state index is -0.333. The van der Waals surface area contributed by atoms with E-state index in [0.29, 0.717) is 6.61 Å². The predicted molar refractivity (Wildman–Crippen MR) is 59.1 cm³/mol. The second kappa shape index (κ2) is 4.81. The van der Waals surface area contributed by atoms with Crippen molar-refractivity contribution in [3.8, 4) is 0 Å². The molecule has 0 heterocycles. The third-order valence-corrected chi connectivity index (χ3v) is 2.06. The van der Waals surface area contributed by atoms with E-state index in [9.17, 15) is 4.79 Å². The van der Waals surface area contributed by atoms with Gasteiger partial charge in [0.25, 0.3) is 0 Å². The molecule has 0 fully saturated rings. The van der Waals surface area contributed by atoms with Crippen LogP contribution in [0.3, 0.4) is 0 Å². The molecule has 0 aromatic heterocycles. The summed E-state index contributed by atoms with van der Waals surface area (Å²) in [5, 5.41) is 0. The summed E-state index contributed by atoms with van der Waals surface area (Å²) in [7, 11) is 0. The van der Waals surface area contributed by atoms with Crippen LogP contribution >= 0.6 is 0 Å². The highest BCUT2D eigenvalue weighted by Gasteiger charge is 2.29. The summed E-state index contributed by atoms with van der Waals surface area (Å²) in [6, 6.07) is 0. The number of carbonyl (C=O) groups excluding carboxylic acids is 1. The number of esters is 1. The molecule has 0 radical (unpaired) electrons. The minimum absolute atomic E-state index is 0.0535. The van der Waals surface area contributed by atoms with Gasteiger partial charge in [-0.05, 0) is 25.7 Å². The number of carbonyl (C=O) groups is 1. The van der Waals surface area contributed by atoms with E-state index in [1.807, 2.05) is 13.8 Å². The highest BCUT2D eigenvalue weighted by Crippen LogP contribution is 2.25. The Morgan fingerprint density at radius 2 is 1.64 bits per heavy atom. The molecule has 0 amide bonds. The lowest BCUT2D eigenvalue weighted by atomic mass is 9.88. The zero-order valence-corrected chi connectivity index (χ0v) is 10.4. The normalized spacial score (nSPS) is 12.7. The Bertz CT molecular complexity index is 187. The molecule has 0 saturated carbocycles. The van der Waals surface area contributed by atoms with Gasteiger partial charge in [-0.2, -0.15) is 0 Å². The molecule has 0 spiro atoms. The fourth-order valence-electron chi connectivity index (χ4n) is 1.20. The van der Waals surface area contributed by atoms with Crippen molar-refractivity contribution in [3.05, 3.63) is 0 Å². The van der Waals surface area contributed by atoms with Crippen molar-refractivity contribution in [2.45, 2.75) is 54.4 Å². The van der Waals surface area contributed by atoms with Gasteiger partial charge in [0.1, 0.15) is 0 Å². The highest BCUT2D eigenvalue weighted by atomic mass is 16.5. The van der Waals surface area contributed by atoms with Gasteiger partial charge in [-0.25, -0.2) is 0 Å². The van der Waals surface area contributed by atoms with Crippen molar-refractivity contribution in [3.63, 3.8) is 0 Å². The van der Waals surface area contributed by atoms with Crippen LogP contribution in [0, 0.1) is 10.8 Å². The lowest BCUT2D eigenvalue weighted by Gasteiger charge is -2.25. The molecule has 0 aromatic carbocycles.